The van der Waals surface area contributed by atoms with E-state index < -0.39 is 0 Å². The number of thioether (sulfide) groups is 1. The number of hydrogen-bond donors (Lipinski definition) is 1. The van der Waals surface area contributed by atoms with Gasteiger partial charge in [-0.15, -0.1) is 10.2 Å². The predicted octanol–water partition coefficient (Wildman–Crippen LogP) is 5.55. The standard InChI is InChI=1S/C24H24N4OS/c1-3-14-28-23(19-11-6-8-17(2)15-19)26-27-24(28)30-16-22(29)25-21-13-7-10-18-9-4-5-12-20(18)21/h4-13,15H,3,14,16H2,1-2H3,(H,25,29). The lowest BCUT2D eigenvalue weighted by Gasteiger charge is -2.10. The van der Waals surface area contributed by atoms with E-state index in [1.807, 2.05) is 54.6 Å². The monoisotopic (exact) mass is 416 g/mol. The summed E-state index contributed by atoms with van der Waals surface area (Å²) < 4.78 is 2.10. The van der Waals surface area contributed by atoms with Crippen LogP contribution in [-0.2, 0) is 11.3 Å². The molecule has 4 aromatic rings. The van der Waals surface area contributed by atoms with Gasteiger partial charge in [0.25, 0.3) is 0 Å². The fourth-order valence-electron chi connectivity index (χ4n) is 3.47. The molecule has 0 spiro atoms. The number of rotatable bonds is 7. The van der Waals surface area contributed by atoms with Crippen LogP contribution in [0.5, 0.6) is 0 Å². The van der Waals surface area contributed by atoms with Crippen molar-refractivity contribution < 1.29 is 4.79 Å². The van der Waals surface area contributed by atoms with Crippen LogP contribution in [0.2, 0.25) is 0 Å². The summed E-state index contributed by atoms with van der Waals surface area (Å²) >= 11 is 1.42. The molecule has 0 aliphatic carbocycles. The highest BCUT2D eigenvalue weighted by Crippen LogP contribution is 2.26. The van der Waals surface area contributed by atoms with Gasteiger partial charge in [-0.1, -0.05) is 78.8 Å². The van der Waals surface area contributed by atoms with E-state index in [0.717, 1.165) is 46.0 Å². The first-order chi connectivity index (χ1) is 14.7. The van der Waals surface area contributed by atoms with Crippen molar-refractivity contribution in [2.45, 2.75) is 32.0 Å². The Morgan fingerprint density at radius 3 is 2.67 bits per heavy atom. The third-order valence-electron chi connectivity index (χ3n) is 4.84. The van der Waals surface area contributed by atoms with Gasteiger partial charge in [-0.3, -0.25) is 4.79 Å². The van der Waals surface area contributed by atoms with Gasteiger partial charge >= 0.3 is 0 Å². The van der Waals surface area contributed by atoms with Crippen molar-refractivity contribution in [1.82, 2.24) is 14.8 Å². The van der Waals surface area contributed by atoms with Gasteiger partial charge in [-0.05, 0) is 30.9 Å². The topological polar surface area (TPSA) is 59.8 Å². The smallest absolute Gasteiger partial charge is 0.234 e. The van der Waals surface area contributed by atoms with E-state index in [9.17, 15) is 4.79 Å². The van der Waals surface area contributed by atoms with E-state index in [-0.39, 0.29) is 11.7 Å². The molecule has 0 saturated heterocycles. The largest absolute Gasteiger partial charge is 0.325 e. The number of fused-ring (bicyclic) bond motifs is 1. The van der Waals surface area contributed by atoms with Gasteiger partial charge in [0.05, 0.1) is 5.75 Å². The van der Waals surface area contributed by atoms with Crippen LogP contribution in [-0.4, -0.2) is 26.4 Å². The molecule has 152 valence electrons. The van der Waals surface area contributed by atoms with Crippen molar-refractivity contribution in [2.75, 3.05) is 11.1 Å². The summed E-state index contributed by atoms with van der Waals surface area (Å²) in [6, 6.07) is 22.2. The van der Waals surface area contributed by atoms with E-state index in [2.05, 4.69) is 46.1 Å². The summed E-state index contributed by atoms with van der Waals surface area (Å²) in [4.78, 5) is 12.6. The van der Waals surface area contributed by atoms with E-state index in [0.29, 0.717) is 0 Å². The molecule has 1 N–H and O–H groups in total. The Balaban J connectivity index is 1.50. The number of hydrogen-bond acceptors (Lipinski definition) is 4. The summed E-state index contributed by atoms with van der Waals surface area (Å²) in [6.45, 7) is 5.00. The zero-order valence-corrected chi connectivity index (χ0v) is 17.9. The van der Waals surface area contributed by atoms with Crippen molar-refractivity contribution in [2.24, 2.45) is 0 Å². The van der Waals surface area contributed by atoms with Crippen LogP contribution in [0.4, 0.5) is 5.69 Å². The fraction of sp³-hybridized carbons (Fsp3) is 0.208. The number of benzene rings is 3. The lowest BCUT2D eigenvalue weighted by molar-refractivity contribution is -0.113. The quantitative estimate of drug-likeness (QED) is 0.401. The van der Waals surface area contributed by atoms with E-state index >= 15 is 0 Å². The minimum Gasteiger partial charge on any atom is -0.325 e. The molecule has 4 rings (SSSR count). The molecular weight excluding hydrogens is 392 g/mol. The molecule has 0 saturated carbocycles. The summed E-state index contributed by atoms with van der Waals surface area (Å²) in [5.74, 6) is 1.07. The van der Waals surface area contributed by atoms with E-state index in [1.165, 1.54) is 17.3 Å². The highest BCUT2D eigenvalue weighted by atomic mass is 32.2. The number of carbonyl (C=O) groups is 1. The van der Waals surface area contributed by atoms with Crippen LogP contribution in [0.3, 0.4) is 0 Å². The molecule has 0 unspecified atom stereocenters. The number of aromatic nitrogens is 3. The van der Waals surface area contributed by atoms with Gasteiger partial charge in [0.2, 0.25) is 5.91 Å². The molecular formula is C24H24N4OS. The van der Waals surface area contributed by atoms with Crippen molar-refractivity contribution >= 4 is 34.1 Å². The molecule has 1 amide bonds. The van der Waals surface area contributed by atoms with Gasteiger partial charge in [0.1, 0.15) is 0 Å². The maximum Gasteiger partial charge on any atom is 0.234 e. The zero-order chi connectivity index (χ0) is 20.9. The third-order valence-corrected chi connectivity index (χ3v) is 5.80. The molecule has 0 radical (unpaired) electrons. The third kappa shape index (κ3) is 4.39. The number of nitrogens with zero attached hydrogens (tertiary/aromatic N) is 3. The second-order valence-electron chi connectivity index (χ2n) is 7.19. The fourth-order valence-corrected chi connectivity index (χ4v) is 4.23. The van der Waals surface area contributed by atoms with Crippen LogP contribution >= 0.6 is 11.8 Å². The number of anilines is 1. The number of aryl methyl sites for hydroxylation is 1. The Kier molecular flexibility index (Phi) is 6.14. The van der Waals surface area contributed by atoms with Gasteiger partial charge in [-0.2, -0.15) is 0 Å². The molecule has 0 aliphatic heterocycles. The van der Waals surface area contributed by atoms with Crippen LogP contribution < -0.4 is 5.32 Å². The molecule has 0 bridgehead atoms. The molecule has 6 heteroatoms. The lowest BCUT2D eigenvalue weighted by atomic mass is 10.1. The molecule has 5 nitrogen and oxygen atoms in total. The summed E-state index contributed by atoms with van der Waals surface area (Å²) in [5.41, 5.74) is 3.05. The highest BCUT2D eigenvalue weighted by Gasteiger charge is 2.15. The van der Waals surface area contributed by atoms with Gasteiger partial charge in [-0.25, -0.2) is 0 Å². The number of amides is 1. The molecule has 30 heavy (non-hydrogen) atoms. The van der Waals surface area contributed by atoms with Crippen molar-refractivity contribution in [3.63, 3.8) is 0 Å². The van der Waals surface area contributed by atoms with E-state index in [1.54, 1.807) is 0 Å². The Morgan fingerprint density at radius 2 is 1.83 bits per heavy atom. The van der Waals surface area contributed by atoms with Gasteiger partial charge in [0, 0.05) is 23.2 Å². The minimum atomic E-state index is -0.0560. The average molecular weight is 417 g/mol. The number of carbonyl (C=O) groups excluding carboxylic acids is 1. The summed E-state index contributed by atoms with van der Waals surface area (Å²) in [5, 5.41) is 14.7. The predicted molar refractivity (Wildman–Crippen MR) is 124 cm³/mol. The molecule has 0 aliphatic rings. The normalized spacial score (nSPS) is 11.0. The maximum absolute atomic E-state index is 12.6. The molecule has 0 fully saturated rings. The Hall–Kier alpha value is -3.12. The van der Waals surface area contributed by atoms with Gasteiger partial charge in [0.15, 0.2) is 11.0 Å². The molecule has 3 aromatic carbocycles. The molecule has 1 aromatic heterocycles. The SMILES string of the molecule is CCCn1c(SCC(=O)Nc2cccc3ccccc23)nnc1-c1cccc(C)c1. The maximum atomic E-state index is 12.6. The highest BCUT2D eigenvalue weighted by molar-refractivity contribution is 7.99. The second kappa shape index (κ2) is 9.13. The zero-order valence-electron chi connectivity index (χ0n) is 17.1. The van der Waals surface area contributed by atoms with Crippen LogP contribution in [0.1, 0.15) is 18.9 Å². The Morgan fingerprint density at radius 1 is 1.03 bits per heavy atom. The lowest BCUT2D eigenvalue weighted by Crippen LogP contribution is -2.15. The first-order valence-electron chi connectivity index (χ1n) is 10.1. The van der Waals surface area contributed by atoms with Crippen LogP contribution in [0.15, 0.2) is 71.9 Å². The Labute approximate surface area is 180 Å². The summed E-state index contributed by atoms with van der Waals surface area (Å²) in [7, 11) is 0. The van der Waals surface area contributed by atoms with Crippen LogP contribution in [0, 0.1) is 6.92 Å². The van der Waals surface area contributed by atoms with Crippen LogP contribution in [0.25, 0.3) is 22.2 Å². The second-order valence-corrected chi connectivity index (χ2v) is 8.13. The van der Waals surface area contributed by atoms with Crippen molar-refractivity contribution in [3.8, 4) is 11.4 Å². The summed E-state index contributed by atoms with van der Waals surface area (Å²) in [6.07, 6.45) is 0.965. The first kappa shape index (κ1) is 20.2. The first-order valence-corrected chi connectivity index (χ1v) is 11.0. The number of nitrogens with one attached hydrogen (secondary N) is 1. The molecule has 0 atom stereocenters. The van der Waals surface area contributed by atoms with Crippen molar-refractivity contribution in [1.29, 1.82) is 0 Å². The van der Waals surface area contributed by atoms with Gasteiger partial charge < -0.3 is 9.88 Å². The Bertz CT molecular complexity index is 1180. The minimum absolute atomic E-state index is 0.0560. The van der Waals surface area contributed by atoms with E-state index in [4.69, 9.17) is 0 Å². The van der Waals surface area contributed by atoms with Crippen molar-refractivity contribution in [3.05, 3.63) is 72.3 Å². The average Bonchev–Trinajstić information content (AvgIpc) is 3.15. The molecule has 1 heterocycles.